The Hall–Kier alpha value is -3.21. The van der Waals surface area contributed by atoms with Gasteiger partial charge in [0.25, 0.3) is 5.91 Å². The number of amides is 1. The number of anilines is 1. The second kappa shape index (κ2) is 10.4. The van der Waals surface area contributed by atoms with E-state index in [4.69, 9.17) is 11.5 Å². The fourth-order valence-electron chi connectivity index (χ4n) is 3.58. The molecule has 0 saturated heterocycles. The zero-order valence-corrected chi connectivity index (χ0v) is 16.7. The highest BCUT2D eigenvalue weighted by Crippen LogP contribution is 2.23. The van der Waals surface area contributed by atoms with Gasteiger partial charge >= 0.3 is 0 Å². The molecule has 0 radical (unpaired) electrons. The number of allylic oxidation sites excluding steroid dienone is 2. The van der Waals surface area contributed by atoms with E-state index in [9.17, 15) is 4.79 Å². The van der Waals surface area contributed by atoms with Gasteiger partial charge in [0.2, 0.25) is 0 Å². The monoisotopic (exact) mass is 390 g/mol. The van der Waals surface area contributed by atoms with Gasteiger partial charge in [-0.1, -0.05) is 55.7 Å². The third-order valence-electron chi connectivity index (χ3n) is 5.24. The lowest BCUT2D eigenvalue weighted by atomic mass is 9.89. The van der Waals surface area contributed by atoms with E-state index < -0.39 is 0 Å². The third-order valence-corrected chi connectivity index (χ3v) is 5.24. The summed E-state index contributed by atoms with van der Waals surface area (Å²) in [5.41, 5.74) is 15.1. The van der Waals surface area contributed by atoms with Crippen LogP contribution in [0.1, 0.15) is 48.0 Å². The second-order valence-corrected chi connectivity index (χ2v) is 7.53. The second-order valence-electron chi connectivity index (χ2n) is 7.53. The van der Waals surface area contributed by atoms with Crippen molar-refractivity contribution in [2.75, 3.05) is 11.9 Å². The molecule has 0 aliphatic heterocycles. The molecular weight excluding hydrogens is 360 g/mol. The number of benzene rings is 2. The summed E-state index contributed by atoms with van der Waals surface area (Å²) in [5.74, 6) is 1.01. The summed E-state index contributed by atoms with van der Waals surface area (Å²) in [6.45, 7) is 0.752. The molecule has 6 N–H and O–H groups in total. The minimum Gasteiger partial charge on any atom is -0.398 e. The SMILES string of the molecule is N/C(=C\C=C(/N)Nc1cccc(C(=O)NCC2CCCCC2)c1)c1ccccc1. The van der Waals surface area contributed by atoms with Crippen molar-refractivity contribution >= 4 is 17.3 Å². The Balaban J connectivity index is 1.57. The van der Waals surface area contributed by atoms with Gasteiger partial charge in [-0.3, -0.25) is 4.79 Å². The topological polar surface area (TPSA) is 93.2 Å². The third kappa shape index (κ3) is 6.42. The Morgan fingerprint density at radius 3 is 2.41 bits per heavy atom. The Labute approximate surface area is 172 Å². The Kier molecular flexibility index (Phi) is 7.34. The number of nitrogens with one attached hydrogen (secondary N) is 2. The maximum Gasteiger partial charge on any atom is 0.251 e. The van der Waals surface area contributed by atoms with Crippen LogP contribution in [0.25, 0.3) is 5.70 Å². The lowest BCUT2D eigenvalue weighted by Crippen LogP contribution is -2.30. The van der Waals surface area contributed by atoms with Crippen LogP contribution in [0, 0.1) is 5.92 Å². The Morgan fingerprint density at radius 2 is 1.66 bits per heavy atom. The number of carbonyl (C=O) groups is 1. The number of hydrogen-bond donors (Lipinski definition) is 4. The van der Waals surface area contributed by atoms with Crippen LogP contribution in [-0.2, 0) is 0 Å². The molecule has 0 unspecified atom stereocenters. The molecule has 0 spiro atoms. The smallest absolute Gasteiger partial charge is 0.251 e. The molecule has 5 heteroatoms. The first-order chi connectivity index (χ1) is 14.1. The van der Waals surface area contributed by atoms with E-state index in [-0.39, 0.29) is 5.91 Å². The molecule has 152 valence electrons. The van der Waals surface area contributed by atoms with Crippen molar-refractivity contribution in [2.45, 2.75) is 32.1 Å². The van der Waals surface area contributed by atoms with Gasteiger partial charge in [-0.25, -0.2) is 0 Å². The van der Waals surface area contributed by atoms with Crippen molar-refractivity contribution in [3.8, 4) is 0 Å². The summed E-state index contributed by atoms with van der Waals surface area (Å²) < 4.78 is 0. The summed E-state index contributed by atoms with van der Waals surface area (Å²) in [7, 11) is 0. The largest absolute Gasteiger partial charge is 0.398 e. The molecule has 0 aromatic heterocycles. The predicted octanol–water partition coefficient (Wildman–Crippen LogP) is 4.21. The van der Waals surface area contributed by atoms with Crippen molar-refractivity contribution in [3.05, 3.63) is 83.7 Å². The highest BCUT2D eigenvalue weighted by Gasteiger charge is 2.15. The number of rotatable bonds is 7. The minimum atomic E-state index is -0.0463. The molecule has 0 atom stereocenters. The molecule has 0 bridgehead atoms. The summed E-state index contributed by atoms with van der Waals surface area (Å²) in [5, 5.41) is 6.18. The Morgan fingerprint density at radius 1 is 0.931 bits per heavy atom. The van der Waals surface area contributed by atoms with Crippen LogP contribution in [0.4, 0.5) is 5.69 Å². The molecule has 2 aromatic rings. The standard InChI is InChI=1S/C24H30N4O/c25-22(19-10-5-2-6-11-19)14-15-23(26)28-21-13-7-12-20(16-21)24(29)27-17-18-8-3-1-4-9-18/h2,5-7,10-16,18,28H,1,3-4,8-9,17,25-26H2,(H,27,29)/b22-14-,23-15+. The maximum absolute atomic E-state index is 12.5. The predicted molar refractivity (Wildman–Crippen MR) is 120 cm³/mol. The summed E-state index contributed by atoms with van der Waals surface area (Å²) in [6.07, 6.45) is 9.77. The lowest BCUT2D eigenvalue weighted by molar-refractivity contribution is 0.0943. The van der Waals surface area contributed by atoms with E-state index in [0.717, 1.165) is 17.8 Å². The zero-order chi connectivity index (χ0) is 20.5. The average Bonchev–Trinajstić information content (AvgIpc) is 2.77. The molecule has 1 saturated carbocycles. The molecule has 3 rings (SSSR count). The summed E-state index contributed by atoms with van der Waals surface area (Å²) in [4.78, 5) is 12.5. The molecule has 2 aromatic carbocycles. The van der Waals surface area contributed by atoms with Gasteiger partial charge in [-0.05, 0) is 54.7 Å². The van der Waals surface area contributed by atoms with Crippen LogP contribution >= 0.6 is 0 Å². The van der Waals surface area contributed by atoms with Crippen molar-refractivity contribution in [3.63, 3.8) is 0 Å². The summed E-state index contributed by atoms with van der Waals surface area (Å²) in [6, 6.07) is 17.1. The molecule has 29 heavy (non-hydrogen) atoms. The van der Waals surface area contributed by atoms with Gasteiger partial charge in [0.1, 0.15) is 5.82 Å². The van der Waals surface area contributed by atoms with E-state index >= 15 is 0 Å². The van der Waals surface area contributed by atoms with Crippen LogP contribution in [0.15, 0.2) is 72.6 Å². The first-order valence-corrected chi connectivity index (χ1v) is 10.3. The van der Waals surface area contributed by atoms with Crippen LogP contribution in [-0.4, -0.2) is 12.5 Å². The fraction of sp³-hybridized carbons (Fsp3) is 0.292. The maximum atomic E-state index is 12.5. The van der Waals surface area contributed by atoms with Crippen LogP contribution in [0.2, 0.25) is 0 Å². The number of nitrogens with two attached hydrogens (primary N) is 2. The molecular formula is C24H30N4O. The summed E-state index contributed by atoms with van der Waals surface area (Å²) >= 11 is 0. The number of hydrogen-bond acceptors (Lipinski definition) is 4. The number of carbonyl (C=O) groups excluding carboxylic acids is 1. The Bertz CT molecular complexity index is 867. The van der Waals surface area contributed by atoms with Gasteiger partial charge in [0.05, 0.1) is 0 Å². The van der Waals surface area contributed by atoms with Crippen molar-refractivity contribution in [1.82, 2.24) is 5.32 Å². The highest BCUT2D eigenvalue weighted by molar-refractivity contribution is 5.95. The molecule has 5 nitrogen and oxygen atoms in total. The molecule has 1 amide bonds. The van der Waals surface area contributed by atoms with Gasteiger partial charge in [0, 0.05) is 23.5 Å². The molecule has 1 fully saturated rings. The fourth-order valence-corrected chi connectivity index (χ4v) is 3.58. The zero-order valence-electron chi connectivity index (χ0n) is 16.7. The molecule has 1 aliphatic carbocycles. The lowest BCUT2D eigenvalue weighted by Gasteiger charge is -2.21. The minimum absolute atomic E-state index is 0.0463. The van der Waals surface area contributed by atoms with E-state index in [2.05, 4.69) is 10.6 Å². The van der Waals surface area contributed by atoms with Crippen LogP contribution < -0.4 is 22.1 Å². The first kappa shape index (κ1) is 20.5. The normalized spacial score (nSPS) is 15.7. The van der Waals surface area contributed by atoms with E-state index in [1.54, 1.807) is 18.2 Å². The van der Waals surface area contributed by atoms with Gasteiger partial charge in [-0.15, -0.1) is 0 Å². The average molecular weight is 391 g/mol. The molecule has 0 heterocycles. The van der Waals surface area contributed by atoms with Crippen molar-refractivity contribution in [1.29, 1.82) is 0 Å². The van der Waals surface area contributed by atoms with Crippen molar-refractivity contribution in [2.24, 2.45) is 17.4 Å². The quantitative estimate of drug-likeness (QED) is 0.533. The highest BCUT2D eigenvalue weighted by atomic mass is 16.1. The van der Waals surface area contributed by atoms with E-state index in [0.29, 0.717) is 23.0 Å². The van der Waals surface area contributed by atoms with Gasteiger partial charge < -0.3 is 22.1 Å². The van der Waals surface area contributed by atoms with Crippen LogP contribution in [0.3, 0.4) is 0 Å². The van der Waals surface area contributed by atoms with E-state index in [1.807, 2.05) is 48.5 Å². The first-order valence-electron chi connectivity index (χ1n) is 10.3. The van der Waals surface area contributed by atoms with Gasteiger partial charge in [0.15, 0.2) is 0 Å². The molecule has 1 aliphatic rings. The van der Waals surface area contributed by atoms with Gasteiger partial charge in [-0.2, -0.15) is 0 Å². The van der Waals surface area contributed by atoms with Crippen LogP contribution in [0.5, 0.6) is 0 Å². The van der Waals surface area contributed by atoms with E-state index in [1.165, 1.54) is 32.1 Å². The van der Waals surface area contributed by atoms with Crippen molar-refractivity contribution < 1.29 is 4.79 Å².